The van der Waals surface area contributed by atoms with Crippen LogP contribution in [0.3, 0.4) is 0 Å². The molecule has 0 saturated carbocycles. The van der Waals surface area contributed by atoms with Gasteiger partial charge >= 0.3 is 0 Å². The van der Waals surface area contributed by atoms with Crippen LogP contribution in [0.1, 0.15) is 32.9 Å². The van der Waals surface area contributed by atoms with Gasteiger partial charge in [0.2, 0.25) is 0 Å². The molecule has 0 aliphatic rings. The second-order valence-electron chi connectivity index (χ2n) is 5.02. The molecule has 2 aromatic rings. The third-order valence-electron chi connectivity index (χ3n) is 2.69. The maximum Gasteiger partial charge on any atom is 0.199 e. The highest BCUT2D eigenvalue weighted by Gasteiger charge is 2.15. The lowest BCUT2D eigenvalue weighted by atomic mass is 10.1. The Morgan fingerprint density at radius 1 is 1.35 bits per heavy atom. The number of aromatic nitrogens is 5. The van der Waals surface area contributed by atoms with E-state index >= 15 is 0 Å². The van der Waals surface area contributed by atoms with E-state index in [0.29, 0.717) is 17.6 Å². The van der Waals surface area contributed by atoms with Crippen LogP contribution in [0.25, 0.3) is 11.6 Å². The highest BCUT2D eigenvalue weighted by molar-refractivity contribution is 14.1. The average Bonchev–Trinajstić information content (AvgIpc) is 2.93. The van der Waals surface area contributed by atoms with Crippen LogP contribution in [-0.2, 0) is 6.42 Å². The first-order valence-corrected chi connectivity index (χ1v) is 7.85. The second kappa shape index (κ2) is 6.96. The highest BCUT2D eigenvalue weighted by Crippen LogP contribution is 2.24. The second-order valence-corrected chi connectivity index (χ2v) is 6.09. The number of nitrogens with zero attached hydrogens (tertiary/aromatic N) is 4. The summed E-state index contributed by atoms with van der Waals surface area (Å²) in [6.45, 7) is 7.40. The number of H-pyrrole nitrogens is 1. The van der Waals surface area contributed by atoms with Gasteiger partial charge in [-0.05, 0) is 41.4 Å². The average molecular weight is 386 g/mol. The molecule has 0 aliphatic carbocycles. The Morgan fingerprint density at radius 3 is 2.75 bits per heavy atom. The summed E-state index contributed by atoms with van der Waals surface area (Å²) in [5.41, 5.74) is 1.06. The third kappa shape index (κ3) is 3.65. The summed E-state index contributed by atoms with van der Waals surface area (Å²) in [4.78, 5) is 13.3. The zero-order valence-electron chi connectivity index (χ0n) is 11.9. The molecular formula is C13H19IN6. The van der Waals surface area contributed by atoms with Crippen molar-refractivity contribution in [1.29, 1.82) is 0 Å². The predicted molar refractivity (Wildman–Crippen MR) is 87.4 cm³/mol. The highest BCUT2D eigenvalue weighted by atomic mass is 127. The molecule has 0 fully saturated rings. The molecule has 0 aliphatic heterocycles. The van der Waals surface area contributed by atoms with Gasteiger partial charge in [-0.1, -0.05) is 20.8 Å². The standard InChI is InChI=1S/C13H19IN6/c1-4-5-15-11-10(14)9(6-8(2)3)18-13(19-11)12-16-7-17-20-12/h7-8H,4-6H2,1-3H3,(H,15,18,19)(H,16,17,20). The van der Waals surface area contributed by atoms with Gasteiger partial charge in [0.1, 0.15) is 12.1 Å². The predicted octanol–water partition coefficient (Wildman–Crippen LogP) is 2.89. The monoisotopic (exact) mass is 386 g/mol. The maximum absolute atomic E-state index is 4.63. The van der Waals surface area contributed by atoms with Crippen molar-refractivity contribution in [2.45, 2.75) is 33.6 Å². The van der Waals surface area contributed by atoms with Crippen LogP contribution in [0.4, 0.5) is 5.82 Å². The number of hydrogen-bond donors (Lipinski definition) is 2. The molecule has 0 unspecified atom stereocenters. The van der Waals surface area contributed by atoms with E-state index in [1.54, 1.807) is 0 Å². The Morgan fingerprint density at radius 2 is 2.15 bits per heavy atom. The topological polar surface area (TPSA) is 79.4 Å². The van der Waals surface area contributed by atoms with E-state index in [2.05, 4.69) is 73.8 Å². The Kier molecular flexibility index (Phi) is 5.27. The summed E-state index contributed by atoms with van der Waals surface area (Å²) in [5.74, 6) is 2.62. The summed E-state index contributed by atoms with van der Waals surface area (Å²) in [5, 5.41) is 10.0. The van der Waals surface area contributed by atoms with E-state index in [-0.39, 0.29) is 0 Å². The summed E-state index contributed by atoms with van der Waals surface area (Å²) in [7, 11) is 0. The van der Waals surface area contributed by atoms with Crippen LogP contribution in [0.5, 0.6) is 0 Å². The largest absolute Gasteiger partial charge is 0.369 e. The minimum Gasteiger partial charge on any atom is -0.369 e. The van der Waals surface area contributed by atoms with Crippen LogP contribution in [-0.4, -0.2) is 31.7 Å². The smallest absolute Gasteiger partial charge is 0.199 e. The molecule has 2 N–H and O–H groups in total. The Balaban J connectivity index is 2.42. The summed E-state index contributed by atoms with van der Waals surface area (Å²) in [6.07, 6.45) is 3.44. The number of rotatable bonds is 6. The van der Waals surface area contributed by atoms with Crippen LogP contribution >= 0.6 is 22.6 Å². The molecule has 2 rings (SSSR count). The Bertz CT molecular complexity index is 552. The van der Waals surface area contributed by atoms with Crippen molar-refractivity contribution in [3.63, 3.8) is 0 Å². The first-order valence-electron chi connectivity index (χ1n) is 6.77. The molecule has 6 nitrogen and oxygen atoms in total. The van der Waals surface area contributed by atoms with Crippen LogP contribution in [0, 0.1) is 9.49 Å². The molecule has 20 heavy (non-hydrogen) atoms. The van der Waals surface area contributed by atoms with Gasteiger partial charge in [0, 0.05) is 6.54 Å². The van der Waals surface area contributed by atoms with Crippen molar-refractivity contribution >= 4 is 28.4 Å². The molecule has 0 amide bonds. The van der Waals surface area contributed by atoms with Gasteiger partial charge in [-0.3, -0.25) is 5.10 Å². The minimum absolute atomic E-state index is 0.542. The number of anilines is 1. The molecule has 0 saturated heterocycles. The lowest BCUT2D eigenvalue weighted by Gasteiger charge is -2.13. The quantitative estimate of drug-likeness (QED) is 0.747. The Labute approximate surface area is 132 Å². The lowest BCUT2D eigenvalue weighted by molar-refractivity contribution is 0.632. The fourth-order valence-electron chi connectivity index (χ4n) is 1.80. The van der Waals surface area contributed by atoms with E-state index in [4.69, 9.17) is 0 Å². The van der Waals surface area contributed by atoms with Crippen LogP contribution < -0.4 is 5.32 Å². The van der Waals surface area contributed by atoms with E-state index < -0.39 is 0 Å². The SMILES string of the molecule is CCCNc1nc(-c2ncn[nH]2)nc(CC(C)C)c1I. The molecule has 0 aromatic carbocycles. The van der Waals surface area contributed by atoms with Crippen LogP contribution in [0.2, 0.25) is 0 Å². The zero-order valence-corrected chi connectivity index (χ0v) is 14.1. The summed E-state index contributed by atoms with van der Waals surface area (Å²) in [6, 6.07) is 0. The van der Waals surface area contributed by atoms with E-state index in [0.717, 1.165) is 34.5 Å². The summed E-state index contributed by atoms with van der Waals surface area (Å²) < 4.78 is 1.09. The van der Waals surface area contributed by atoms with Crippen molar-refractivity contribution in [2.75, 3.05) is 11.9 Å². The molecular weight excluding hydrogens is 367 g/mol. The third-order valence-corrected chi connectivity index (χ3v) is 3.82. The molecule has 7 heteroatoms. The fourth-order valence-corrected chi connectivity index (χ4v) is 2.45. The van der Waals surface area contributed by atoms with Crippen molar-refractivity contribution in [2.24, 2.45) is 5.92 Å². The molecule has 108 valence electrons. The molecule has 2 heterocycles. The molecule has 2 aromatic heterocycles. The van der Waals surface area contributed by atoms with Gasteiger partial charge in [-0.15, -0.1) is 0 Å². The minimum atomic E-state index is 0.542. The lowest BCUT2D eigenvalue weighted by Crippen LogP contribution is -2.11. The first-order chi connectivity index (χ1) is 9.61. The van der Waals surface area contributed by atoms with Crippen molar-refractivity contribution in [1.82, 2.24) is 25.1 Å². The van der Waals surface area contributed by atoms with Gasteiger partial charge in [-0.2, -0.15) is 5.10 Å². The van der Waals surface area contributed by atoms with Crippen molar-refractivity contribution in [3.05, 3.63) is 15.6 Å². The van der Waals surface area contributed by atoms with Crippen molar-refractivity contribution < 1.29 is 0 Å². The van der Waals surface area contributed by atoms with Gasteiger partial charge < -0.3 is 5.32 Å². The normalized spacial score (nSPS) is 11.1. The fraction of sp³-hybridized carbons (Fsp3) is 0.538. The number of hydrogen-bond acceptors (Lipinski definition) is 5. The van der Waals surface area contributed by atoms with Gasteiger partial charge in [0.05, 0.1) is 9.26 Å². The van der Waals surface area contributed by atoms with E-state index in [9.17, 15) is 0 Å². The van der Waals surface area contributed by atoms with Gasteiger partial charge in [-0.25, -0.2) is 15.0 Å². The van der Waals surface area contributed by atoms with Gasteiger partial charge in [0.25, 0.3) is 0 Å². The number of halogens is 1. The first kappa shape index (κ1) is 15.1. The molecule has 0 spiro atoms. The van der Waals surface area contributed by atoms with E-state index in [1.165, 1.54) is 6.33 Å². The molecule has 0 radical (unpaired) electrons. The van der Waals surface area contributed by atoms with Gasteiger partial charge in [0.15, 0.2) is 11.6 Å². The zero-order chi connectivity index (χ0) is 14.5. The molecule has 0 bridgehead atoms. The van der Waals surface area contributed by atoms with Crippen molar-refractivity contribution in [3.8, 4) is 11.6 Å². The van der Waals surface area contributed by atoms with E-state index in [1.807, 2.05) is 0 Å². The maximum atomic E-state index is 4.63. The Hall–Kier alpha value is -1.25. The number of nitrogens with one attached hydrogen (secondary N) is 2. The molecule has 0 atom stereocenters. The van der Waals surface area contributed by atoms with Crippen LogP contribution in [0.15, 0.2) is 6.33 Å². The summed E-state index contributed by atoms with van der Waals surface area (Å²) >= 11 is 2.31. The number of aromatic amines is 1.